The van der Waals surface area contributed by atoms with E-state index in [1.165, 1.54) is 6.07 Å². The molecule has 0 radical (unpaired) electrons. The molecule has 2 rings (SSSR count). The van der Waals surface area contributed by atoms with Crippen LogP contribution in [0.1, 0.15) is 27.7 Å². The number of halogens is 4. The van der Waals surface area contributed by atoms with E-state index in [0.717, 1.165) is 12.1 Å². The smallest absolute Gasteiger partial charge is 0.403 e. The van der Waals surface area contributed by atoms with Gasteiger partial charge in [-0.2, -0.15) is 0 Å². The van der Waals surface area contributed by atoms with Gasteiger partial charge in [0, 0.05) is 0 Å². The Hall–Kier alpha value is -1.28. The van der Waals surface area contributed by atoms with Crippen molar-refractivity contribution >= 4 is 12.6 Å². The highest BCUT2D eigenvalue weighted by Crippen LogP contribution is 2.37. The number of hydrogen-bond acceptors (Lipinski definition) is 3. The third-order valence-corrected chi connectivity index (χ3v) is 3.71. The Balaban J connectivity index is 2.29. The third-order valence-electron chi connectivity index (χ3n) is 3.71. The zero-order valence-electron chi connectivity index (χ0n) is 12.0. The molecule has 1 aliphatic rings. The fraction of sp³-hybridized carbons (Fsp3) is 0.538. The molecule has 0 aromatic heterocycles. The van der Waals surface area contributed by atoms with Crippen molar-refractivity contribution in [3.05, 3.63) is 24.0 Å². The van der Waals surface area contributed by atoms with Crippen molar-refractivity contribution in [2.45, 2.75) is 45.3 Å². The summed E-state index contributed by atoms with van der Waals surface area (Å²) >= 11 is 0. The molecule has 1 aromatic carbocycles. The monoisotopic (exact) mass is 306 g/mol. The molecular formula is C13H15BF4O3. The number of ether oxygens (including phenoxy) is 1. The van der Waals surface area contributed by atoms with Gasteiger partial charge in [0.05, 0.1) is 11.2 Å². The first-order chi connectivity index (χ1) is 9.41. The average Bonchev–Trinajstić information content (AvgIpc) is 2.49. The van der Waals surface area contributed by atoms with Crippen molar-refractivity contribution in [1.82, 2.24) is 0 Å². The molecule has 1 saturated heterocycles. The summed E-state index contributed by atoms with van der Waals surface area (Å²) in [5.41, 5.74) is -1.02. The van der Waals surface area contributed by atoms with Gasteiger partial charge in [0.25, 0.3) is 0 Å². The minimum Gasteiger partial charge on any atom is -0.403 e. The molecule has 1 aromatic rings. The van der Waals surface area contributed by atoms with Crippen LogP contribution in [-0.4, -0.2) is 24.7 Å². The second kappa shape index (κ2) is 4.88. The molecule has 0 saturated carbocycles. The largest absolute Gasteiger partial charge is 0.573 e. The lowest BCUT2D eigenvalue weighted by atomic mass is 9.79. The number of hydrogen-bond donors (Lipinski definition) is 0. The molecule has 0 spiro atoms. The highest BCUT2D eigenvalue weighted by molar-refractivity contribution is 6.62. The van der Waals surface area contributed by atoms with Crippen LogP contribution in [0.15, 0.2) is 18.2 Å². The first-order valence-corrected chi connectivity index (χ1v) is 6.32. The van der Waals surface area contributed by atoms with Gasteiger partial charge in [0.1, 0.15) is 0 Å². The Bertz CT molecular complexity index is 527. The van der Waals surface area contributed by atoms with Crippen LogP contribution in [0.5, 0.6) is 5.75 Å². The van der Waals surface area contributed by atoms with Crippen LogP contribution in [0.4, 0.5) is 17.6 Å². The van der Waals surface area contributed by atoms with E-state index >= 15 is 0 Å². The molecule has 0 N–H and O–H groups in total. The lowest BCUT2D eigenvalue weighted by Crippen LogP contribution is -2.41. The highest BCUT2D eigenvalue weighted by Gasteiger charge is 2.51. The van der Waals surface area contributed by atoms with Crippen LogP contribution in [0.25, 0.3) is 0 Å². The van der Waals surface area contributed by atoms with E-state index in [4.69, 9.17) is 9.31 Å². The molecule has 0 bridgehead atoms. The maximum Gasteiger partial charge on any atom is 0.573 e. The Morgan fingerprint density at radius 3 is 2.05 bits per heavy atom. The summed E-state index contributed by atoms with van der Waals surface area (Å²) < 4.78 is 65.1. The number of benzene rings is 1. The van der Waals surface area contributed by atoms with Crippen LogP contribution in [-0.2, 0) is 9.31 Å². The fourth-order valence-electron chi connectivity index (χ4n) is 1.85. The van der Waals surface area contributed by atoms with Gasteiger partial charge >= 0.3 is 13.5 Å². The minimum atomic E-state index is -4.96. The first kappa shape index (κ1) is 16.1. The lowest BCUT2D eigenvalue weighted by molar-refractivity contribution is -0.275. The Morgan fingerprint density at radius 2 is 1.57 bits per heavy atom. The maximum absolute atomic E-state index is 13.4. The SMILES string of the molecule is CC1(C)OB(c2ccc(F)c(OC(F)(F)F)c2)OC1(C)C. The van der Waals surface area contributed by atoms with Crippen LogP contribution >= 0.6 is 0 Å². The summed E-state index contributed by atoms with van der Waals surface area (Å²) in [6, 6.07) is 3.13. The molecule has 1 heterocycles. The topological polar surface area (TPSA) is 27.7 Å². The molecule has 0 unspecified atom stereocenters. The summed E-state index contributed by atoms with van der Waals surface area (Å²) in [5.74, 6) is -2.01. The van der Waals surface area contributed by atoms with E-state index in [1.54, 1.807) is 0 Å². The predicted octanol–water partition coefficient (Wildman–Crippen LogP) is 3.02. The van der Waals surface area contributed by atoms with Crippen molar-refractivity contribution in [3.8, 4) is 5.75 Å². The molecular weight excluding hydrogens is 291 g/mol. The fourth-order valence-corrected chi connectivity index (χ4v) is 1.85. The number of rotatable bonds is 2. The maximum atomic E-state index is 13.4. The summed E-state index contributed by atoms with van der Waals surface area (Å²) in [5, 5.41) is 0. The second-order valence-corrected chi connectivity index (χ2v) is 5.83. The van der Waals surface area contributed by atoms with Gasteiger partial charge in [-0.05, 0) is 45.3 Å². The van der Waals surface area contributed by atoms with Gasteiger partial charge in [-0.1, -0.05) is 6.07 Å². The van der Waals surface area contributed by atoms with E-state index in [9.17, 15) is 17.6 Å². The van der Waals surface area contributed by atoms with Crippen molar-refractivity contribution in [1.29, 1.82) is 0 Å². The molecule has 21 heavy (non-hydrogen) atoms. The van der Waals surface area contributed by atoms with E-state index in [2.05, 4.69) is 4.74 Å². The van der Waals surface area contributed by atoms with E-state index < -0.39 is 36.2 Å². The lowest BCUT2D eigenvalue weighted by Gasteiger charge is -2.32. The zero-order chi connectivity index (χ0) is 16.1. The van der Waals surface area contributed by atoms with E-state index in [0.29, 0.717) is 0 Å². The summed E-state index contributed by atoms with van der Waals surface area (Å²) in [6.07, 6.45) is -4.96. The van der Waals surface area contributed by atoms with Crippen molar-refractivity contribution < 1.29 is 31.6 Å². The van der Waals surface area contributed by atoms with E-state index in [-0.39, 0.29) is 5.46 Å². The van der Waals surface area contributed by atoms with Gasteiger partial charge in [-0.15, -0.1) is 13.2 Å². The molecule has 8 heteroatoms. The second-order valence-electron chi connectivity index (χ2n) is 5.83. The number of alkyl halides is 3. The molecule has 0 aliphatic carbocycles. The van der Waals surface area contributed by atoms with Crippen LogP contribution in [0, 0.1) is 5.82 Å². The van der Waals surface area contributed by atoms with Gasteiger partial charge in [0.2, 0.25) is 0 Å². The zero-order valence-corrected chi connectivity index (χ0v) is 12.0. The van der Waals surface area contributed by atoms with Crippen LogP contribution < -0.4 is 10.2 Å². The van der Waals surface area contributed by atoms with Crippen molar-refractivity contribution in [2.24, 2.45) is 0 Å². The van der Waals surface area contributed by atoms with Crippen molar-refractivity contribution in [3.63, 3.8) is 0 Å². The Kier molecular flexibility index (Phi) is 3.74. The third kappa shape index (κ3) is 3.32. The van der Waals surface area contributed by atoms with Gasteiger partial charge in [-0.3, -0.25) is 0 Å². The molecule has 1 fully saturated rings. The highest BCUT2D eigenvalue weighted by atomic mass is 19.4. The first-order valence-electron chi connectivity index (χ1n) is 6.32. The molecule has 0 amide bonds. The summed E-state index contributed by atoms with van der Waals surface area (Å²) in [6.45, 7) is 7.24. The average molecular weight is 306 g/mol. The summed E-state index contributed by atoms with van der Waals surface area (Å²) in [4.78, 5) is 0. The van der Waals surface area contributed by atoms with Gasteiger partial charge < -0.3 is 14.0 Å². The quantitative estimate of drug-likeness (QED) is 0.621. The predicted molar refractivity (Wildman–Crippen MR) is 68.8 cm³/mol. The summed E-state index contributed by atoms with van der Waals surface area (Å²) in [7, 11) is -0.883. The molecule has 3 nitrogen and oxygen atoms in total. The molecule has 1 aliphatic heterocycles. The molecule has 116 valence electrons. The van der Waals surface area contributed by atoms with E-state index in [1.807, 2.05) is 27.7 Å². The molecule has 0 atom stereocenters. The minimum absolute atomic E-state index is 0.259. The van der Waals surface area contributed by atoms with Gasteiger partial charge in [-0.25, -0.2) is 4.39 Å². The van der Waals surface area contributed by atoms with Crippen molar-refractivity contribution in [2.75, 3.05) is 0 Å². The Morgan fingerprint density at radius 1 is 1.05 bits per heavy atom. The normalized spacial score (nSPS) is 20.7. The Labute approximate surface area is 120 Å². The van der Waals surface area contributed by atoms with Crippen LogP contribution in [0.3, 0.4) is 0 Å². The van der Waals surface area contributed by atoms with Crippen LogP contribution in [0.2, 0.25) is 0 Å². The van der Waals surface area contributed by atoms with Gasteiger partial charge in [0.15, 0.2) is 11.6 Å². The standard InChI is InChI=1S/C13H15BF4O3/c1-11(2)12(3,4)21-14(20-11)8-5-6-9(15)10(7-8)19-13(16,17)18/h5-7H,1-4H3.